The van der Waals surface area contributed by atoms with Crippen LogP contribution in [0.5, 0.6) is 0 Å². The topological polar surface area (TPSA) is 84.1 Å². The lowest BCUT2D eigenvalue weighted by Gasteiger charge is -2.28. The number of hydrogen-bond donors (Lipinski definition) is 2. The van der Waals surface area contributed by atoms with Gasteiger partial charge >= 0.3 is 0 Å². The van der Waals surface area contributed by atoms with Crippen molar-refractivity contribution >= 4 is 39.2 Å². The SMILES string of the molecule is CC1CCCCC1OCCNC(=O)CCSCc1nc2sc3c(c2c(=O)[nH]1)CCCC3. The van der Waals surface area contributed by atoms with Gasteiger partial charge in [-0.2, -0.15) is 11.8 Å². The number of thioether (sulfide) groups is 1. The second-order valence-corrected chi connectivity index (χ2v) is 10.9. The van der Waals surface area contributed by atoms with E-state index in [4.69, 9.17) is 9.72 Å². The molecule has 1 fully saturated rings. The van der Waals surface area contributed by atoms with Gasteiger partial charge in [0.15, 0.2) is 0 Å². The summed E-state index contributed by atoms with van der Waals surface area (Å²) in [5, 5.41) is 3.75. The van der Waals surface area contributed by atoms with Gasteiger partial charge in [0.1, 0.15) is 10.7 Å². The molecule has 1 amide bonds. The van der Waals surface area contributed by atoms with E-state index in [0.29, 0.717) is 48.9 Å². The number of ether oxygens (including phenoxy) is 1. The zero-order valence-electron chi connectivity index (χ0n) is 18.3. The summed E-state index contributed by atoms with van der Waals surface area (Å²) in [5.41, 5.74) is 1.21. The second-order valence-electron chi connectivity index (χ2n) is 8.73. The van der Waals surface area contributed by atoms with E-state index in [9.17, 15) is 9.59 Å². The van der Waals surface area contributed by atoms with Crippen LogP contribution in [0.25, 0.3) is 10.2 Å². The van der Waals surface area contributed by atoms with E-state index in [2.05, 4.69) is 17.2 Å². The summed E-state index contributed by atoms with van der Waals surface area (Å²) < 4.78 is 5.94. The van der Waals surface area contributed by atoms with Gasteiger partial charge in [0.25, 0.3) is 5.56 Å². The van der Waals surface area contributed by atoms with Gasteiger partial charge in [-0.15, -0.1) is 11.3 Å². The predicted octanol–water partition coefficient (Wildman–Crippen LogP) is 4.20. The molecule has 2 N–H and O–H groups in total. The Morgan fingerprint density at radius 3 is 2.97 bits per heavy atom. The first kappa shape index (κ1) is 22.8. The maximum atomic E-state index is 12.6. The van der Waals surface area contributed by atoms with E-state index in [1.54, 1.807) is 23.1 Å². The molecule has 2 aromatic rings. The number of hydrogen-bond acceptors (Lipinski definition) is 6. The fourth-order valence-corrected chi connectivity index (χ4v) is 6.71. The molecule has 0 spiro atoms. The molecule has 0 saturated heterocycles. The molecule has 2 aliphatic carbocycles. The first-order valence-corrected chi connectivity index (χ1v) is 13.6. The number of nitrogens with zero attached hydrogens (tertiary/aromatic N) is 1. The Morgan fingerprint density at radius 2 is 2.10 bits per heavy atom. The lowest BCUT2D eigenvalue weighted by Crippen LogP contribution is -2.31. The fourth-order valence-electron chi connectivity index (χ4n) is 4.63. The molecule has 0 aromatic carbocycles. The van der Waals surface area contributed by atoms with Gasteiger partial charge in [-0.05, 0) is 50.0 Å². The Labute approximate surface area is 191 Å². The monoisotopic (exact) mass is 463 g/mol. The first-order chi connectivity index (χ1) is 15.1. The molecular weight excluding hydrogens is 430 g/mol. The van der Waals surface area contributed by atoms with Crippen LogP contribution in [0.3, 0.4) is 0 Å². The molecule has 8 heteroatoms. The number of amides is 1. The molecule has 2 aliphatic rings. The summed E-state index contributed by atoms with van der Waals surface area (Å²) in [6.45, 7) is 3.41. The van der Waals surface area contributed by atoms with Gasteiger partial charge < -0.3 is 15.0 Å². The highest BCUT2D eigenvalue weighted by Crippen LogP contribution is 2.33. The molecule has 6 nitrogen and oxygen atoms in total. The predicted molar refractivity (Wildman–Crippen MR) is 128 cm³/mol. The van der Waals surface area contributed by atoms with Crippen LogP contribution in [-0.4, -0.2) is 40.9 Å². The maximum absolute atomic E-state index is 12.6. The minimum atomic E-state index is -0.00923. The minimum absolute atomic E-state index is 0.00923. The number of aromatic amines is 1. The molecule has 1 saturated carbocycles. The number of aryl methyl sites for hydroxylation is 2. The molecule has 170 valence electrons. The minimum Gasteiger partial charge on any atom is -0.376 e. The normalized spacial score (nSPS) is 21.2. The second kappa shape index (κ2) is 11.0. The molecule has 31 heavy (non-hydrogen) atoms. The molecule has 4 rings (SSSR count). The zero-order chi connectivity index (χ0) is 21.6. The summed E-state index contributed by atoms with van der Waals surface area (Å²) in [5.74, 6) is 2.70. The van der Waals surface area contributed by atoms with Crippen molar-refractivity contribution in [2.75, 3.05) is 18.9 Å². The Balaban J connectivity index is 1.16. The third-order valence-electron chi connectivity index (χ3n) is 6.38. The Morgan fingerprint density at radius 1 is 1.26 bits per heavy atom. The highest BCUT2D eigenvalue weighted by molar-refractivity contribution is 7.98. The maximum Gasteiger partial charge on any atom is 0.259 e. The van der Waals surface area contributed by atoms with Gasteiger partial charge in [0, 0.05) is 23.6 Å². The van der Waals surface area contributed by atoms with Gasteiger partial charge in [-0.1, -0.05) is 19.8 Å². The number of nitrogens with one attached hydrogen (secondary N) is 2. The molecule has 0 radical (unpaired) electrons. The first-order valence-electron chi connectivity index (χ1n) is 11.6. The van der Waals surface area contributed by atoms with Crippen molar-refractivity contribution < 1.29 is 9.53 Å². The van der Waals surface area contributed by atoms with Crippen molar-refractivity contribution in [1.29, 1.82) is 0 Å². The number of thiophene rings is 1. The zero-order valence-corrected chi connectivity index (χ0v) is 20.0. The summed E-state index contributed by atoms with van der Waals surface area (Å²) >= 11 is 3.31. The number of H-pyrrole nitrogens is 1. The Bertz CT molecular complexity index is 955. The standard InChI is InChI=1S/C23H33N3O3S2/c1-15-6-2-4-8-17(15)29-12-11-24-20(27)10-13-30-14-19-25-22(28)21-16-7-3-5-9-18(16)31-23(21)26-19/h15,17H,2-14H2,1H3,(H,24,27)(H,25,26,28). The van der Waals surface area contributed by atoms with E-state index in [0.717, 1.165) is 35.9 Å². The van der Waals surface area contributed by atoms with E-state index in [-0.39, 0.29) is 11.5 Å². The van der Waals surface area contributed by atoms with Gasteiger partial charge in [-0.3, -0.25) is 9.59 Å². The largest absolute Gasteiger partial charge is 0.376 e. The van der Waals surface area contributed by atoms with Gasteiger partial charge in [-0.25, -0.2) is 4.98 Å². The third-order valence-corrected chi connectivity index (χ3v) is 8.53. The Kier molecular flexibility index (Phi) is 8.07. The number of fused-ring (bicyclic) bond motifs is 3. The quantitative estimate of drug-likeness (QED) is 0.545. The summed E-state index contributed by atoms with van der Waals surface area (Å²) in [4.78, 5) is 34.5. The van der Waals surface area contributed by atoms with Crippen LogP contribution in [0.4, 0.5) is 0 Å². The molecular formula is C23H33N3O3S2. The van der Waals surface area contributed by atoms with Crippen LogP contribution < -0.4 is 10.9 Å². The van der Waals surface area contributed by atoms with Crippen LogP contribution in [-0.2, 0) is 28.1 Å². The summed E-state index contributed by atoms with van der Waals surface area (Å²) in [7, 11) is 0. The molecule has 2 atom stereocenters. The van der Waals surface area contributed by atoms with Gasteiger partial charge in [0.05, 0.1) is 23.8 Å². The summed E-state index contributed by atoms with van der Waals surface area (Å²) in [6, 6.07) is 0. The lowest BCUT2D eigenvalue weighted by atomic mass is 9.88. The number of carbonyl (C=O) groups excluding carboxylic acids is 1. The smallest absolute Gasteiger partial charge is 0.259 e. The lowest BCUT2D eigenvalue weighted by molar-refractivity contribution is -0.121. The van der Waals surface area contributed by atoms with Crippen LogP contribution in [0, 0.1) is 5.92 Å². The van der Waals surface area contributed by atoms with E-state index in [1.807, 2.05) is 0 Å². The fraction of sp³-hybridized carbons (Fsp3) is 0.696. The van der Waals surface area contributed by atoms with Crippen LogP contribution in [0.15, 0.2) is 4.79 Å². The van der Waals surface area contributed by atoms with E-state index < -0.39 is 0 Å². The van der Waals surface area contributed by atoms with Crippen molar-refractivity contribution in [3.63, 3.8) is 0 Å². The van der Waals surface area contributed by atoms with Crippen molar-refractivity contribution in [3.8, 4) is 0 Å². The van der Waals surface area contributed by atoms with Crippen LogP contribution in [0.1, 0.15) is 68.1 Å². The molecule has 2 aromatic heterocycles. The van der Waals surface area contributed by atoms with E-state index >= 15 is 0 Å². The van der Waals surface area contributed by atoms with Crippen LogP contribution in [0.2, 0.25) is 0 Å². The van der Waals surface area contributed by atoms with Crippen molar-refractivity contribution in [2.45, 2.75) is 76.6 Å². The summed E-state index contributed by atoms with van der Waals surface area (Å²) in [6.07, 6.45) is 10.2. The highest BCUT2D eigenvalue weighted by Gasteiger charge is 2.22. The number of aromatic nitrogens is 2. The van der Waals surface area contributed by atoms with Gasteiger partial charge in [0.2, 0.25) is 5.91 Å². The van der Waals surface area contributed by atoms with E-state index in [1.165, 1.54) is 36.1 Å². The van der Waals surface area contributed by atoms with Crippen molar-refractivity contribution in [3.05, 3.63) is 26.6 Å². The number of rotatable bonds is 9. The Hall–Kier alpha value is -1.38. The average molecular weight is 464 g/mol. The average Bonchev–Trinajstić information content (AvgIpc) is 3.14. The molecule has 0 aliphatic heterocycles. The highest BCUT2D eigenvalue weighted by atomic mass is 32.2. The van der Waals surface area contributed by atoms with Crippen LogP contribution >= 0.6 is 23.1 Å². The molecule has 2 unspecified atom stereocenters. The molecule has 0 bridgehead atoms. The molecule has 2 heterocycles. The third kappa shape index (κ3) is 5.90. The van der Waals surface area contributed by atoms with Crippen molar-refractivity contribution in [1.82, 2.24) is 15.3 Å². The number of carbonyl (C=O) groups is 1. The van der Waals surface area contributed by atoms with Crippen molar-refractivity contribution in [2.24, 2.45) is 5.92 Å².